The van der Waals surface area contributed by atoms with Gasteiger partial charge in [-0.2, -0.15) is 0 Å². The lowest BCUT2D eigenvalue weighted by Crippen LogP contribution is -2.28. The van der Waals surface area contributed by atoms with Gasteiger partial charge in [-0.25, -0.2) is 0 Å². The fourth-order valence-electron chi connectivity index (χ4n) is 3.98. The summed E-state index contributed by atoms with van der Waals surface area (Å²) < 4.78 is 19.0. The van der Waals surface area contributed by atoms with E-state index in [0.717, 1.165) is 27.8 Å². The Bertz CT molecular complexity index is 1370. The first-order chi connectivity index (χ1) is 17.0. The van der Waals surface area contributed by atoms with Crippen LogP contribution in [0.1, 0.15) is 17.5 Å². The molecule has 4 aromatic rings. The lowest BCUT2D eigenvalue weighted by Gasteiger charge is -2.25. The second kappa shape index (κ2) is 9.87. The Kier molecular flexibility index (Phi) is 6.50. The Morgan fingerprint density at radius 1 is 1.11 bits per heavy atom. The van der Waals surface area contributed by atoms with E-state index in [0.29, 0.717) is 29.9 Å². The number of ether oxygens (including phenoxy) is 3. The van der Waals surface area contributed by atoms with Crippen molar-refractivity contribution in [3.05, 3.63) is 72.1 Å². The third-order valence-electron chi connectivity index (χ3n) is 5.95. The van der Waals surface area contributed by atoms with Crippen molar-refractivity contribution in [1.82, 2.24) is 19.7 Å². The number of benzene rings is 3. The average molecular weight is 491 g/mol. The van der Waals surface area contributed by atoms with Crippen LogP contribution in [0, 0.1) is 0 Å². The van der Waals surface area contributed by atoms with Crippen molar-refractivity contribution in [2.75, 3.05) is 26.5 Å². The number of carbonyl (C=O) groups is 1. The van der Waals surface area contributed by atoms with E-state index in [1.165, 1.54) is 11.8 Å². The lowest BCUT2D eigenvalue weighted by molar-refractivity contribution is -0.127. The number of rotatable bonds is 7. The summed E-state index contributed by atoms with van der Waals surface area (Å²) in [6.07, 6.45) is -0.358. The van der Waals surface area contributed by atoms with Gasteiger partial charge < -0.3 is 23.7 Å². The number of nitrogens with zero attached hydrogens (tertiary/aromatic N) is 4. The van der Waals surface area contributed by atoms with Crippen LogP contribution in [0.15, 0.2) is 65.8 Å². The molecule has 1 unspecified atom stereocenters. The van der Waals surface area contributed by atoms with E-state index in [9.17, 15) is 4.79 Å². The van der Waals surface area contributed by atoms with E-state index < -0.39 is 0 Å². The molecular weight excluding hydrogens is 464 g/mol. The zero-order chi connectivity index (χ0) is 24.4. The number of aromatic nitrogens is 3. The number of hydrogen-bond donors (Lipinski definition) is 0. The maximum atomic E-state index is 12.8. The normalized spacial score (nSPS) is 14.7. The van der Waals surface area contributed by atoms with Crippen molar-refractivity contribution in [3.8, 4) is 17.2 Å². The largest absolute Gasteiger partial charge is 0.497 e. The second-order valence-electron chi connectivity index (χ2n) is 8.35. The van der Waals surface area contributed by atoms with E-state index in [-0.39, 0.29) is 17.8 Å². The minimum atomic E-state index is -0.358. The Labute approximate surface area is 207 Å². The molecule has 1 aliphatic heterocycles. The van der Waals surface area contributed by atoms with Gasteiger partial charge in [0.15, 0.2) is 28.6 Å². The summed E-state index contributed by atoms with van der Waals surface area (Å²) in [4.78, 5) is 14.5. The van der Waals surface area contributed by atoms with Crippen LogP contribution >= 0.6 is 11.8 Å². The maximum absolute atomic E-state index is 12.8. The summed E-state index contributed by atoms with van der Waals surface area (Å²) in [5.74, 6) is 3.17. The first-order valence-electron chi connectivity index (χ1n) is 11.2. The van der Waals surface area contributed by atoms with Gasteiger partial charge in [-0.3, -0.25) is 4.79 Å². The van der Waals surface area contributed by atoms with Crippen LogP contribution in [0.25, 0.3) is 10.8 Å². The number of thioether (sulfide) groups is 1. The van der Waals surface area contributed by atoms with Crippen LogP contribution in [-0.2, 0) is 18.4 Å². The van der Waals surface area contributed by atoms with Gasteiger partial charge in [0.05, 0.1) is 12.9 Å². The summed E-state index contributed by atoms with van der Waals surface area (Å²) in [6, 6.07) is 19.7. The van der Waals surface area contributed by atoms with Gasteiger partial charge in [-0.1, -0.05) is 42.1 Å². The van der Waals surface area contributed by atoms with Crippen LogP contribution in [0.5, 0.6) is 17.2 Å². The van der Waals surface area contributed by atoms with E-state index in [2.05, 4.69) is 22.3 Å². The third-order valence-corrected chi connectivity index (χ3v) is 6.95. The Hall–Kier alpha value is -3.72. The summed E-state index contributed by atoms with van der Waals surface area (Å²) >= 11 is 1.36. The number of amides is 1. The first kappa shape index (κ1) is 23.0. The van der Waals surface area contributed by atoms with E-state index in [4.69, 9.17) is 14.2 Å². The number of fused-ring (bicyclic) bond motifs is 2. The van der Waals surface area contributed by atoms with E-state index >= 15 is 0 Å². The van der Waals surface area contributed by atoms with Gasteiger partial charge in [0.1, 0.15) is 12.4 Å². The molecule has 9 heteroatoms. The molecule has 1 aromatic heterocycles. The maximum Gasteiger partial charge on any atom is 0.233 e. The van der Waals surface area contributed by atoms with Crippen LogP contribution < -0.4 is 14.2 Å². The zero-order valence-corrected chi connectivity index (χ0v) is 20.6. The minimum Gasteiger partial charge on any atom is -0.497 e. The number of para-hydroxylation sites is 2. The molecule has 0 fully saturated rings. The topological polar surface area (TPSA) is 78.7 Å². The average Bonchev–Trinajstić information content (AvgIpc) is 3.26. The van der Waals surface area contributed by atoms with E-state index in [1.54, 1.807) is 12.0 Å². The molecule has 0 saturated carbocycles. The van der Waals surface area contributed by atoms with E-state index in [1.807, 2.05) is 67.2 Å². The molecule has 1 amide bonds. The fourth-order valence-corrected chi connectivity index (χ4v) is 4.83. The zero-order valence-electron chi connectivity index (χ0n) is 19.8. The van der Waals surface area contributed by atoms with Gasteiger partial charge >= 0.3 is 0 Å². The molecule has 1 atom stereocenters. The summed E-state index contributed by atoms with van der Waals surface area (Å²) in [6.45, 7) is 0.881. The SMILES string of the molecule is COc1ccc2cc(CN(C)C(=O)CSc3nnc(C4COc5ccccc5O4)n3C)ccc2c1. The first-order valence-corrected chi connectivity index (χ1v) is 12.2. The van der Waals surface area contributed by atoms with Crippen molar-refractivity contribution < 1.29 is 19.0 Å². The highest BCUT2D eigenvalue weighted by atomic mass is 32.2. The molecule has 0 bridgehead atoms. The molecule has 0 saturated heterocycles. The molecule has 8 nitrogen and oxygen atoms in total. The van der Waals surface area contributed by atoms with Crippen LogP contribution in [-0.4, -0.2) is 52.1 Å². The third kappa shape index (κ3) is 4.90. The van der Waals surface area contributed by atoms with Crippen LogP contribution in [0.2, 0.25) is 0 Å². The summed E-state index contributed by atoms with van der Waals surface area (Å²) in [5.41, 5.74) is 1.07. The van der Waals surface area contributed by atoms with Gasteiger partial charge in [0.25, 0.3) is 0 Å². The molecule has 3 aromatic carbocycles. The number of carbonyl (C=O) groups excluding carboxylic acids is 1. The van der Waals surface area contributed by atoms with Crippen LogP contribution in [0.3, 0.4) is 0 Å². The Morgan fingerprint density at radius 3 is 2.71 bits per heavy atom. The molecule has 0 aliphatic carbocycles. The molecule has 0 N–H and O–H groups in total. The highest BCUT2D eigenvalue weighted by molar-refractivity contribution is 7.99. The van der Waals surface area contributed by atoms with Gasteiger partial charge in [-0.05, 0) is 46.7 Å². The summed E-state index contributed by atoms with van der Waals surface area (Å²) in [5, 5.41) is 11.4. The number of hydrogen-bond acceptors (Lipinski definition) is 7. The Balaban J connectivity index is 1.19. The van der Waals surface area contributed by atoms with Crippen LogP contribution in [0.4, 0.5) is 0 Å². The van der Waals surface area contributed by atoms with Crippen molar-refractivity contribution in [3.63, 3.8) is 0 Å². The molecule has 1 aliphatic rings. The molecule has 5 rings (SSSR count). The van der Waals surface area contributed by atoms with Crippen molar-refractivity contribution in [2.45, 2.75) is 17.8 Å². The molecule has 180 valence electrons. The summed E-state index contributed by atoms with van der Waals surface area (Å²) in [7, 11) is 5.35. The Morgan fingerprint density at radius 2 is 1.89 bits per heavy atom. The molecule has 0 radical (unpaired) electrons. The monoisotopic (exact) mass is 490 g/mol. The molecule has 2 heterocycles. The minimum absolute atomic E-state index is 0.0144. The van der Waals surface area contributed by atoms with Crippen molar-refractivity contribution in [2.24, 2.45) is 7.05 Å². The lowest BCUT2D eigenvalue weighted by atomic mass is 10.1. The van der Waals surface area contributed by atoms with Crippen molar-refractivity contribution >= 4 is 28.4 Å². The smallest absolute Gasteiger partial charge is 0.233 e. The molecule has 0 spiro atoms. The fraction of sp³-hybridized carbons (Fsp3) is 0.269. The molecular formula is C26H26N4O4S. The van der Waals surface area contributed by atoms with Gasteiger partial charge in [0, 0.05) is 20.6 Å². The predicted octanol–water partition coefficient (Wildman–Crippen LogP) is 4.24. The van der Waals surface area contributed by atoms with Crippen molar-refractivity contribution in [1.29, 1.82) is 0 Å². The highest BCUT2D eigenvalue weighted by Gasteiger charge is 2.27. The van der Waals surface area contributed by atoms with Gasteiger partial charge in [0.2, 0.25) is 5.91 Å². The quantitative estimate of drug-likeness (QED) is 0.359. The van der Waals surface area contributed by atoms with Gasteiger partial charge in [-0.15, -0.1) is 10.2 Å². The second-order valence-corrected chi connectivity index (χ2v) is 9.29. The highest BCUT2D eigenvalue weighted by Crippen LogP contribution is 2.35. The predicted molar refractivity (Wildman–Crippen MR) is 134 cm³/mol. The number of methoxy groups -OCH3 is 1. The standard InChI is InChI=1S/C26H26N4O4S/c1-29(14-17-8-9-19-13-20(32-3)11-10-18(19)12-17)24(31)16-35-26-28-27-25(30(26)2)23-15-33-21-6-4-5-7-22(21)34-23/h4-13,23H,14-16H2,1-3H3. The molecule has 35 heavy (non-hydrogen) atoms.